The van der Waals surface area contributed by atoms with E-state index in [-0.39, 0.29) is 11.4 Å². The van der Waals surface area contributed by atoms with Crippen LogP contribution in [0.2, 0.25) is 0 Å². The van der Waals surface area contributed by atoms with Crippen LogP contribution in [0, 0.1) is 5.82 Å². The molecule has 2 fully saturated rings. The van der Waals surface area contributed by atoms with Crippen molar-refractivity contribution in [3.63, 3.8) is 0 Å². The zero-order chi connectivity index (χ0) is 18.4. The van der Waals surface area contributed by atoms with Crippen LogP contribution in [0.15, 0.2) is 30.5 Å². The van der Waals surface area contributed by atoms with Crippen LogP contribution in [0.1, 0.15) is 44.3 Å². The maximum Gasteiger partial charge on any atom is 0.129 e. The van der Waals surface area contributed by atoms with Crippen molar-refractivity contribution in [3.8, 4) is 11.3 Å². The minimum atomic E-state index is -0.187. The summed E-state index contributed by atoms with van der Waals surface area (Å²) >= 11 is 0. The van der Waals surface area contributed by atoms with E-state index >= 15 is 0 Å². The molecule has 5 heteroatoms. The first-order valence-corrected chi connectivity index (χ1v) is 10.4. The van der Waals surface area contributed by atoms with E-state index in [2.05, 4.69) is 21.4 Å². The van der Waals surface area contributed by atoms with Gasteiger partial charge in [0.1, 0.15) is 11.6 Å². The molecule has 2 aliphatic heterocycles. The molecule has 0 unspecified atom stereocenters. The second-order valence-electron chi connectivity index (χ2n) is 8.55. The third-order valence-corrected chi connectivity index (χ3v) is 7.27. The number of likely N-dealkylation sites (N-methyl/N-ethyl adjacent to an activating group) is 1. The molecule has 1 aliphatic carbocycles. The number of fused-ring (bicyclic) bond motifs is 2. The Hall–Kier alpha value is -1.72. The summed E-state index contributed by atoms with van der Waals surface area (Å²) < 4.78 is 15.7. The van der Waals surface area contributed by atoms with Crippen molar-refractivity contribution < 1.29 is 4.39 Å². The lowest BCUT2D eigenvalue weighted by molar-refractivity contribution is -0.00220. The van der Waals surface area contributed by atoms with Crippen molar-refractivity contribution in [3.05, 3.63) is 42.1 Å². The molecule has 144 valence electrons. The first-order valence-electron chi connectivity index (χ1n) is 10.4. The van der Waals surface area contributed by atoms with E-state index in [1.807, 2.05) is 18.3 Å². The summed E-state index contributed by atoms with van der Waals surface area (Å²) in [5, 5.41) is 0. The van der Waals surface area contributed by atoms with E-state index in [0.29, 0.717) is 0 Å². The Morgan fingerprint density at radius 3 is 2.41 bits per heavy atom. The van der Waals surface area contributed by atoms with Gasteiger partial charge in [-0.15, -0.1) is 0 Å². The van der Waals surface area contributed by atoms with Gasteiger partial charge in [0.05, 0.1) is 17.4 Å². The summed E-state index contributed by atoms with van der Waals surface area (Å²) in [5.41, 5.74) is 2.22. The zero-order valence-electron chi connectivity index (χ0n) is 16.2. The van der Waals surface area contributed by atoms with Gasteiger partial charge >= 0.3 is 0 Å². The summed E-state index contributed by atoms with van der Waals surface area (Å²) in [6.07, 6.45) is 9.86. The first kappa shape index (κ1) is 17.4. The minimum absolute atomic E-state index is 0.0473. The number of aromatic nitrogens is 2. The summed E-state index contributed by atoms with van der Waals surface area (Å²) in [4.78, 5) is 10.2. The molecule has 1 aromatic carbocycles. The molecule has 3 aliphatic rings. The zero-order valence-corrected chi connectivity index (χ0v) is 16.2. The Kier molecular flexibility index (Phi) is 4.32. The summed E-state index contributed by atoms with van der Waals surface area (Å²) in [6.45, 7) is 4.34. The first-order chi connectivity index (χ1) is 13.2. The van der Waals surface area contributed by atoms with Gasteiger partial charge in [-0.25, -0.2) is 9.37 Å². The Bertz CT molecular complexity index is 798. The maximum absolute atomic E-state index is 13.3. The van der Waals surface area contributed by atoms with Crippen molar-refractivity contribution >= 4 is 0 Å². The minimum Gasteiger partial charge on any atom is -0.325 e. The highest BCUT2D eigenvalue weighted by molar-refractivity contribution is 5.59. The number of rotatable bonds is 2. The molecule has 4 nitrogen and oxygen atoms in total. The Labute approximate surface area is 161 Å². The molecule has 0 radical (unpaired) electrons. The molecular weight excluding hydrogens is 339 g/mol. The second kappa shape index (κ2) is 6.71. The normalized spacial score (nSPS) is 23.8. The van der Waals surface area contributed by atoms with Crippen LogP contribution in [-0.4, -0.2) is 52.1 Å². The van der Waals surface area contributed by atoms with Crippen molar-refractivity contribution in [1.29, 1.82) is 0 Å². The molecule has 1 spiro atoms. The van der Waals surface area contributed by atoms with Gasteiger partial charge in [0.2, 0.25) is 0 Å². The van der Waals surface area contributed by atoms with Crippen LogP contribution in [0.3, 0.4) is 0 Å². The van der Waals surface area contributed by atoms with Gasteiger partial charge in [-0.1, -0.05) is 12.8 Å². The van der Waals surface area contributed by atoms with E-state index in [4.69, 9.17) is 4.98 Å². The van der Waals surface area contributed by atoms with E-state index in [9.17, 15) is 4.39 Å². The largest absolute Gasteiger partial charge is 0.325 e. The summed E-state index contributed by atoms with van der Waals surface area (Å²) in [6, 6.07) is 7.63. The Morgan fingerprint density at radius 1 is 1.00 bits per heavy atom. The Morgan fingerprint density at radius 2 is 1.70 bits per heavy atom. The molecule has 0 atom stereocenters. The molecule has 2 aromatic rings. The molecule has 27 heavy (non-hydrogen) atoms. The van der Waals surface area contributed by atoms with Gasteiger partial charge in [-0.05, 0) is 62.6 Å². The molecule has 5 rings (SSSR count). The fourth-order valence-electron chi connectivity index (χ4n) is 5.59. The molecule has 1 saturated carbocycles. The fourth-order valence-corrected chi connectivity index (χ4v) is 5.59. The van der Waals surface area contributed by atoms with Gasteiger partial charge in [0.25, 0.3) is 0 Å². The van der Waals surface area contributed by atoms with Crippen LogP contribution in [0.25, 0.3) is 11.3 Å². The molecule has 0 bridgehead atoms. The monoisotopic (exact) mass is 368 g/mol. The average molecular weight is 369 g/mol. The highest BCUT2D eigenvalue weighted by atomic mass is 19.1. The Balaban J connectivity index is 1.45. The van der Waals surface area contributed by atoms with E-state index in [1.165, 1.54) is 44.6 Å². The van der Waals surface area contributed by atoms with E-state index in [0.717, 1.165) is 43.2 Å². The number of hydrogen-bond donors (Lipinski definition) is 0. The molecule has 0 N–H and O–H groups in total. The third kappa shape index (κ3) is 2.83. The number of imidazole rings is 1. The van der Waals surface area contributed by atoms with Crippen LogP contribution in [0.5, 0.6) is 0 Å². The van der Waals surface area contributed by atoms with Gasteiger partial charge in [-0.2, -0.15) is 0 Å². The molecule has 1 aromatic heterocycles. The van der Waals surface area contributed by atoms with Gasteiger partial charge in [-0.3, -0.25) is 4.90 Å². The topological polar surface area (TPSA) is 24.3 Å². The van der Waals surface area contributed by atoms with Crippen LogP contribution >= 0.6 is 0 Å². The van der Waals surface area contributed by atoms with Gasteiger partial charge in [0.15, 0.2) is 0 Å². The van der Waals surface area contributed by atoms with Crippen molar-refractivity contribution in [2.75, 3.05) is 26.7 Å². The van der Waals surface area contributed by atoms with Crippen LogP contribution < -0.4 is 0 Å². The number of nitrogens with zero attached hydrogens (tertiary/aromatic N) is 4. The van der Waals surface area contributed by atoms with Gasteiger partial charge in [0, 0.05) is 32.2 Å². The molecular formula is C22H29FN4. The standard InChI is InChI=1S/C22H29FN4/c1-25-14-15-27-20(17-6-8-18(23)9-7-17)16-24-21(27)22(25)10-12-26(13-11-22)19-4-2-3-5-19/h6-9,16,19H,2-5,10-15H2,1H3. The number of halogens is 1. The lowest BCUT2D eigenvalue weighted by atomic mass is 9.83. The van der Waals surface area contributed by atoms with Crippen LogP contribution in [0.4, 0.5) is 4.39 Å². The van der Waals surface area contributed by atoms with Crippen molar-refractivity contribution in [2.24, 2.45) is 0 Å². The van der Waals surface area contributed by atoms with E-state index < -0.39 is 0 Å². The fraction of sp³-hybridized carbons (Fsp3) is 0.591. The number of piperidine rings is 1. The highest BCUT2D eigenvalue weighted by Crippen LogP contribution is 2.42. The van der Waals surface area contributed by atoms with Crippen LogP contribution in [-0.2, 0) is 12.1 Å². The SMILES string of the molecule is CN1CCn2c(-c3ccc(F)cc3)cnc2C12CCN(C1CCCC1)CC2. The van der Waals surface area contributed by atoms with Gasteiger partial charge < -0.3 is 9.47 Å². The molecule has 3 heterocycles. The second-order valence-corrected chi connectivity index (χ2v) is 8.55. The number of benzene rings is 1. The van der Waals surface area contributed by atoms with Crippen molar-refractivity contribution in [2.45, 2.75) is 56.7 Å². The third-order valence-electron chi connectivity index (χ3n) is 7.27. The number of hydrogen-bond acceptors (Lipinski definition) is 3. The molecule has 0 amide bonds. The molecule has 1 saturated heterocycles. The van der Waals surface area contributed by atoms with Crippen molar-refractivity contribution in [1.82, 2.24) is 19.4 Å². The quantitative estimate of drug-likeness (QED) is 0.804. The summed E-state index contributed by atoms with van der Waals surface area (Å²) in [7, 11) is 2.26. The van der Waals surface area contributed by atoms with E-state index in [1.54, 1.807) is 12.1 Å². The average Bonchev–Trinajstić information content (AvgIpc) is 3.37. The smallest absolute Gasteiger partial charge is 0.129 e. The highest BCUT2D eigenvalue weighted by Gasteiger charge is 2.46. The lowest BCUT2D eigenvalue weighted by Crippen LogP contribution is -2.57. The predicted molar refractivity (Wildman–Crippen MR) is 105 cm³/mol. The predicted octanol–water partition coefficient (Wildman–Crippen LogP) is 3.87. The number of likely N-dealkylation sites (tertiary alicyclic amines) is 1. The summed E-state index contributed by atoms with van der Waals surface area (Å²) in [5.74, 6) is 1.02. The maximum atomic E-state index is 13.3. The lowest BCUT2D eigenvalue weighted by Gasteiger charge is -2.50.